The standard InChI is InChI=1S/C25H34N2O13/c1-13(24(35)26-11-20(31)38-2)27(15(25(36)37)8-9-19(29)30)18(28)10-16-21(32)23(34)22(33)17(40-16)12-39-14-6-4-3-5-7-14/h3-7,13,15-17,21-23,32-34H,8-12H2,1-2H3,(H,26,35)(H,29,30)(H,36,37). The van der Waals surface area contributed by atoms with Gasteiger partial charge in [0.25, 0.3) is 0 Å². The lowest BCUT2D eigenvalue weighted by Crippen LogP contribution is -2.61. The lowest BCUT2D eigenvalue weighted by molar-refractivity contribution is -0.229. The van der Waals surface area contributed by atoms with Gasteiger partial charge in [0, 0.05) is 6.42 Å². The minimum atomic E-state index is -1.78. The SMILES string of the molecule is COC(=O)CNC(=O)C(C)N(C(=O)CC1OC(COc2ccccc2)C(O)C(O)C1O)C(CCC(=O)O)C(=O)O. The van der Waals surface area contributed by atoms with Crippen LogP contribution in [0.2, 0.25) is 0 Å². The maximum Gasteiger partial charge on any atom is 0.326 e. The highest BCUT2D eigenvalue weighted by Gasteiger charge is 2.46. The lowest BCUT2D eigenvalue weighted by Gasteiger charge is -2.41. The molecule has 0 bridgehead atoms. The Bertz CT molecular complexity index is 1040. The van der Waals surface area contributed by atoms with Crippen molar-refractivity contribution < 1.29 is 63.7 Å². The molecule has 15 nitrogen and oxygen atoms in total. The van der Waals surface area contributed by atoms with Gasteiger partial charge in [-0.3, -0.25) is 19.2 Å². The van der Waals surface area contributed by atoms with Gasteiger partial charge in [-0.15, -0.1) is 0 Å². The van der Waals surface area contributed by atoms with Crippen molar-refractivity contribution >= 4 is 29.7 Å². The minimum absolute atomic E-state index is 0.272. The second kappa shape index (κ2) is 15.1. The summed E-state index contributed by atoms with van der Waals surface area (Å²) in [5.74, 6) is -5.30. The number of carboxylic acids is 2. The number of rotatable bonds is 14. The van der Waals surface area contributed by atoms with Crippen LogP contribution in [0.1, 0.15) is 26.2 Å². The number of carbonyl (C=O) groups excluding carboxylic acids is 3. The van der Waals surface area contributed by atoms with E-state index in [-0.39, 0.29) is 6.61 Å². The number of hydrogen-bond donors (Lipinski definition) is 6. The first-order valence-electron chi connectivity index (χ1n) is 12.3. The van der Waals surface area contributed by atoms with Gasteiger partial charge in [0.15, 0.2) is 0 Å². The Balaban J connectivity index is 2.26. The van der Waals surface area contributed by atoms with E-state index in [0.29, 0.717) is 10.6 Å². The van der Waals surface area contributed by atoms with E-state index in [0.717, 1.165) is 7.11 Å². The molecule has 0 spiro atoms. The zero-order valence-corrected chi connectivity index (χ0v) is 21.9. The second-order valence-electron chi connectivity index (χ2n) is 9.07. The molecule has 1 aromatic rings. The number of nitrogens with one attached hydrogen (secondary N) is 1. The average Bonchev–Trinajstić information content (AvgIpc) is 2.93. The highest BCUT2D eigenvalue weighted by molar-refractivity contribution is 5.92. The van der Waals surface area contributed by atoms with E-state index >= 15 is 0 Å². The van der Waals surface area contributed by atoms with Crippen LogP contribution in [0.15, 0.2) is 30.3 Å². The van der Waals surface area contributed by atoms with Gasteiger partial charge in [0.2, 0.25) is 11.8 Å². The molecule has 0 aromatic heterocycles. The Labute approximate surface area is 229 Å². The molecule has 1 fully saturated rings. The molecular weight excluding hydrogens is 536 g/mol. The molecule has 1 aromatic carbocycles. The van der Waals surface area contributed by atoms with Crippen molar-refractivity contribution in [3.8, 4) is 5.75 Å². The number of ether oxygens (including phenoxy) is 3. The summed E-state index contributed by atoms with van der Waals surface area (Å²) < 4.78 is 15.6. The summed E-state index contributed by atoms with van der Waals surface area (Å²) in [5.41, 5.74) is 0. The van der Waals surface area contributed by atoms with Crippen LogP contribution in [0.5, 0.6) is 5.75 Å². The fourth-order valence-electron chi connectivity index (χ4n) is 4.11. The van der Waals surface area contributed by atoms with Crippen LogP contribution in [0, 0.1) is 0 Å². The number of benzene rings is 1. The molecule has 1 saturated heterocycles. The first kappa shape index (κ1) is 32.4. The fraction of sp³-hybridized carbons (Fsp3) is 0.560. The summed E-state index contributed by atoms with van der Waals surface area (Å²) in [4.78, 5) is 61.4. The Hall–Kier alpha value is -3.79. The molecule has 0 radical (unpaired) electrons. The van der Waals surface area contributed by atoms with Crippen molar-refractivity contribution in [2.75, 3.05) is 20.3 Å². The van der Waals surface area contributed by atoms with Gasteiger partial charge in [-0.2, -0.15) is 0 Å². The number of aliphatic carboxylic acids is 2. The maximum absolute atomic E-state index is 13.4. The first-order valence-corrected chi connectivity index (χ1v) is 12.3. The molecule has 1 aliphatic rings. The monoisotopic (exact) mass is 570 g/mol. The Morgan fingerprint density at radius 2 is 1.62 bits per heavy atom. The van der Waals surface area contributed by atoms with Gasteiger partial charge in [0.05, 0.1) is 19.6 Å². The van der Waals surface area contributed by atoms with Gasteiger partial charge in [0.1, 0.15) is 55.4 Å². The minimum Gasteiger partial charge on any atom is -0.491 e. The molecule has 2 rings (SSSR count). The van der Waals surface area contributed by atoms with Crippen molar-refractivity contribution in [2.24, 2.45) is 0 Å². The molecule has 1 aliphatic heterocycles. The molecule has 222 valence electrons. The molecule has 2 amide bonds. The molecule has 0 aliphatic carbocycles. The number of hydrogen-bond acceptors (Lipinski definition) is 11. The van der Waals surface area contributed by atoms with E-state index in [2.05, 4.69) is 10.1 Å². The third-order valence-corrected chi connectivity index (χ3v) is 6.32. The van der Waals surface area contributed by atoms with Gasteiger partial charge >= 0.3 is 17.9 Å². The van der Waals surface area contributed by atoms with Crippen molar-refractivity contribution in [1.29, 1.82) is 0 Å². The Morgan fingerprint density at radius 1 is 1.00 bits per heavy atom. The summed E-state index contributed by atoms with van der Waals surface area (Å²) in [6.45, 7) is 0.326. The summed E-state index contributed by atoms with van der Waals surface area (Å²) in [5, 5.41) is 52.3. The number of aliphatic hydroxyl groups is 3. The van der Waals surface area contributed by atoms with Crippen molar-refractivity contribution in [1.82, 2.24) is 10.2 Å². The largest absolute Gasteiger partial charge is 0.491 e. The normalized spacial score (nSPS) is 23.8. The Kier molecular flexibility index (Phi) is 12.3. The van der Waals surface area contributed by atoms with Gasteiger partial charge in [-0.25, -0.2) is 4.79 Å². The van der Waals surface area contributed by atoms with Gasteiger partial charge in [-0.05, 0) is 25.5 Å². The van der Waals surface area contributed by atoms with Crippen molar-refractivity contribution in [2.45, 2.75) is 68.8 Å². The molecule has 1 heterocycles. The molecule has 40 heavy (non-hydrogen) atoms. The number of para-hydroxylation sites is 1. The van der Waals surface area contributed by atoms with E-state index in [1.165, 1.54) is 6.92 Å². The molecule has 15 heteroatoms. The molecular formula is C25H34N2O13. The number of methoxy groups -OCH3 is 1. The predicted octanol–water partition coefficient (Wildman–Crippen LogP) is -1.87. The first-order chi connectivity index (χ1) is 18.9. The van der Waals surface area contributed by atoms with E-state index in [1.54, 1.807) is 30.3 Å². The Morgan fingerprint density at radius 3 is 2.20 bits per heavy atom. The van der Waals surface area contributed by atoms with E-state index in [1.807, 2.05) is 0 Å². The van der Waals surface area contributed by atoms with Crippen LogP contribution >= 0.6 is 0 Å². The number of carbonyl (C=O) groups is 5. The van der Waals surface area contributed by atoms with E-state index < -0.39 is 98.1 Å². The smallest absolute Gasteiger partial charge is 0.326 e. The van der Waals surface area contributed by atoms with Crippen LogP contribution < -0.4 is 10.1 Å². The van der Waals surface area contributed by atoms with Crippen LogP contribution in [-0.4, -0.2) is 123 Å². The summed E-state index contributed by atoms with van der Waals surface area (Å²) in [7, 11) is 1.08. The van der Waals surface area contributed by atoms with Crippen LogP contribution in [-0.2, 0) is 33.4 Å². The summed E-state index contributed by atoms with van der Waals surface area (Å²) in [6.07, 6.45) is -9.75. The number of carboxylic acid groups (broad SMARTS) is 2. The zero-order valence-electron chi connectivity index (χ0n) is 21.9. The van der Waals surface area contributed by atoms with E-state index in [4.69, 9.17) is 14.6 Å². The highest BCUT2D eigenvalue weighted by Crippen LogP contribution is 2.26. The van der Waals surface area contributed by atoms with Crippen LogP contribution in [0.25, 0.3) is 0 Å². The number of nitrogens with zero attached hydrogens (tertiary/aromatic N) is 1. The summed E-state index contributed by atoms with van der Waals surface area (Å²) >= 11 is 0. The quantitative estimate of drug-likeness (QED) is 0.135. The zero-order chi connectivity index (χ0) is 30.0. The highest BCUT2D eigenvalue weighted by atomic mass is 16.6. The van der Waals surface area contributed by atoms with Gasteiger partial charge in [-0.1, -0.05) is 18.2 Å². The molecule has 0 saturated carbocycles. The second-order valence-corrected chi connectivity index (χ2v) is 9.07. The topological polar surface area (TPSA) is 229 Å². The number of amides is 2. The fourth-order valence-corrected chi connectivity index (χ4v) is 4.11. The summed E-state index contributed by atoms with van der Waals surface area (Å²) in [6, 6.07) is 5.13. The van der Waals surface area contributed by atoms with E-state index in [9.17, 15) is 44.4 Å². The van der Waals surface area contributed by atoms with Crippen molar-refractivity contribution in [3.63, 3.8) is 0 Å². The predicted molar refractivity (Wildman–Crippen MR) is 133 cm³/mol. The van der Waals surface area contributed by atoms with Crippen LogP contribution in [0.4, 0.5) is 0 Å². The molecule has 7 atom stereocenters. The number of esters is 1. The third kappa shape index (κ3) is 8.87. The molecule has 7 unspecified atom stereocenters. The maximum atomic E-state index is 13.4. The third-order valence-electron chi connectivity index (χ3n) is 6.32. The lowest BCUT2D eigenvalue weighted by atomic mass is 9.92. The number of aliphatic hydroxyl groups excluding tert-OH is 3. The average molecular weight is 571 g/mol. The molecule has 6 N–H and O–H groups in total. The van der Waals surface area contributed by atoms with Crippen LogP contribution in [0.3, 0.4) is 0 Å². The van der Waals surface area contributed by atoms with Gasteiger partial charge < -0.3 is 50.0 Å². The van der Waals surface area contributed by atoms with Crippen molar-refractivity contribution in [3.05, 3.63) is 30.3 Å².